The third-order valence-corrected chi connectivity index (χ3v) is 2.65. The molecule has 0 saturated carbocycles. The number of methoxy groups -OCH3 is 1. The largest absolute Gasteiger partial charge is 0.469 e. The van der Waals surface area contributed by atoms with Gasteiger partial charge in [0, 0.05) is 4.47 Å². The molecule has 1 rings (SSSR count). The summed E-state index contributed by atoms with van der Waals surface area (Å²) in [5.74, 6) is -0.438. The SMILES string of the molecule is COC(=O)[C@H](C)c1ccccc1Br. The molecule has 0 aromatic heterocycles. The van der Waals surface area contributed by atoms with Gasteiger partial charge in [0.25, 0.3) is 0 Å². The smallest absolute Gasteiger partial charge is 0.312 e. The van der Waals surface area contributed by atoms with Gasteiger partial charge in [-0.3, -0.25) is 4.79 Å². The van der Waals surface area contributed by atoms with Gasteiger partial charge in [-0.1, -0.05) is 34.1 Å². The van der Waals surface area contributed by atoms with Crippen molar-refractivity contribution in [2.45, 2.75) is 12.8 Å². The maximum absolute atomic E-state index is 11.2. The van der Waals surface area contributed by atoms with Crippen LogP contribution in [0.2, 0.25) is 0 Å². The summed E-state index contributed by atoms with van der Waals surface area (Å²) in [4.78, 5) is 11.2. The molecule has 0 saturated heterocycles. The molecule has 2 nitrogen and oxygen atoms in total. The molecular weight excluding hydrogens is 232 g/mol. The fourth-order valence-corrected chi connectivity index (χ4v) is 1.76. The zero-order chi connectivity index (χ0) is 9.84. The van der Waals surface area contributed by atoms with Crippen LogP contribution in [0.3, 0.4) is 0 Å². The van der Waals surface area contributed by atoms with E-state index in [1.807, 2.05) is 31.2 Å². The molecule has 1 aromatic carbocycles. The first-order valence-corrected chi connectivity index (χ1v) is 4.78. The summed E-state index contributed by atoms with van der Waals surface area (Å²) in [5, 5.41) is 0. The summed E-state index contributed by atoms with van der Waals surface area (Å²) in [7, 11) is 1.40. The zero-order valence-electron chi connectivity index (χ0n) is 7.58. The van der Waals surface area contributed by atoms with E-state index >= 15 is 0 Å². The lowest BCUT2D eigenvalue weighted by molar-refractivity contribution is -0.142. The monoisotopic (exact) mass is 242 g/mol. The highest BCUT2D eigenvalue weighted by molar-refractivity contribution is 9.10. The number of rotatable bonds is 2. The minimum atomic E-state index is -0.222. The Bertz CT molecular complexity index is 310. The van der Waals surface area contributed by atoms with Crippen molar-refractivity contribution in [1.82, 2.24) is 0 Å². The Balaban J connectivity index is 2.95. The highest BCUT2D eigenvalue weighted by Gasteiger charge is 2.17. The van der Waals surface area contributed by atoms with Crippen molar-refractivity contribution in [1.29, 1.82) is 0 Å². The first-order valence-electron chi connectivity index (χ1n) is 3.99. The number of hydrogen-bond donors (Lipinski definition) is 0. The predicted molar refractivity (Wildman–Crippen MR) is 54.6 cm³/mol. The normalized spacial score (nSPS) is 12.2. The Morgan fingerprint density at radius 2 is 2.08 bits per heavy atom. The average Bonchev–Trinajstić information content (AvgIpc) is 2.16. The summed E-state index contributed by atoms with van der Waals surface area (Å²) < 4.78 is 5.60. The van der Waals surface area contributed by atoms with E-state index in [1.54, 1.807) is 0 Å². The number of hydrogen-bond acceptors (Lipinski definition) is 2. The van der Waals surface area contributed by atoms with Crippen molar-refractivity contribution in [3.05, 3.63) is 34.3 Å². The van der Waals surface area contributed by atoms with Crippen LogP contribution in [0.5, 0.6) is 0 Å². The number of esters is 1. The predicted octanol–water partition coefficient (Wildman–Crippen LogP) is 2.73. The maximum atomic E-state index is 11.2. The lowest BCUT2D eigenvalue weighted by Gasteiger charge is -2.10. The van der Waals surface area contributed by atoms with Crippen LogP contribution in [0.25, 0.3) is 0 Å². The van der Waals surface area contributed by atoms with Crippen LogP contribution in [0.1, 0.15) is 18.4 Å². The Kier molecular flexibility index (Phi) is 3.48. The van der Waals surface area contributed by atoms with Crippen molar-refractivity contribution in [3.63, 3.8) is 0 Å². The molecule has 1 atom stereocenters. The van der Waals surface area contributed by atoms with E-state index < -0.39 is 0 Å². The number of benzene rings is 1. The fourth-order valence-electron chi connectivity index (χ4n) is 1.13. The standard InChI is InChI=1S/C10H11BrO2/c1-7(10(12)13-2)8-5-3-4-6-9(8)11/h3-7H,1-2H3/t7-/m1/s1. The van der Waals surface area contributed by atoms with Crippen LogP contribution >= 0.6 is 15.9 Å². The first-order chi connectivity index (χ1) is 6.16. The number of carbonyl (C=O) groups excluding carboxylic acids is 1. The van der Waals surface area contributed by atoms with Crippen LogP contribution in [0.15, 0.2) is 28.7 Å². The Morgan fingerprint density at radius 3 is 2.62 bits per heavy atom. The molecule has 0 heterocycles. The minimum absolute atomic E-state index is 0.216. The zero-order valence-corrected chi connectivity index (χ0v) is 9.17. The average molecular weight is 243 g/mol. The van der Waals surface area contributed by atoms with E-state index in [0.717, 1.165) is 10.0 Å². The molecule has 1 aromatic rings. The minimum Gasteiger partial charge on any atom is -0.469 e. The number of carbonyl (C=O) groups is 1. The molecule has 13 heavy (non-hydrogen) atoms. The lowest BCUT2D eigenvalue weighted by Crippen LogP contribution is -2.11. The molecule has 3 heteroatoms. The summed E-state index contributed by atoms with van der Waals surface area (Å²) in [6, 6.07) is 7.64. The second kappa shape index (κ2) is 4.42. The van der Waals surface area contributed by atoms with Gasteiger partial charge in [0.1, 0.15) is 0 Å². The molecule has 0 bridgehead atoms. The van der Waals surface area contributed by atoms with Gasteiger partial charge in [0.05, 0.1) is 13.0 Å². The van der Waals surface area contributed by atoms with Gasteiger partial charge in [-0.15, -0.1) is 0 Å². The van der Waals surface area contributed by atoms with E-state index in [4.69, 9.17) is 0 Å². The van der Waals surface area contributed by atoms with E-state index in [-0.39, 0.29) is 11.9 Å². The Hall–Kier alpha value is -0.830. The molecule has 0 aliphatic heterocycles. The van der Waals surface area contributed by atoms with Crippen molar-refractivity contribution in [2.75, 3.05) is 7.11 Å². The molecule has 0 N–H and O–H groups in total. The third-order valence-electron chi connectivity index (χ3n) is 1.93. The molecule has 0 aliphatic rings. The van der Waals surface area contributed by atoms with Crippen LogP contribution in [-0.4, -0.2) is 13.1 Å². The van der Waals surface area contributed by atoms with Gasteiger partial charge in [-0.05, 0) is 18.6 Å². The molecule has 0 unspecified atom stereocenters. The molecule has 0 spiro atoms. The van der Waals surface area contributed by atoms with Crippen molar-refractivity contribution < 1.29 is 9.53 Å². The quantitative estimate of drug-likeness (QED) is 0.746. The molecule has 0 radical (unpaired) electrons. The maximum Gasteiger partial charge on any atom is 0.312 e. The highest BCUT2D eigenvalue weighted by atomic mass is 79.9. The highest BCUT2D eigenvalue weighted by Crippen LogP contribution is 2.24. The molecular formula is C10H11BrO2. The lowest BCUT2D eigenvalue weighted by atomic mass is 10.0. The van der Waals surface area contributed by atoms with E-state index in [2.05, 4.69) is 20.7 Å². The molecule has 0 fully saturated rings. The summed E-state index contributed by atoms with van der Waals surface area (Å²) >= 11 is 3.39. The van der Waals surface area contributed by atoms with Crippen molar-refractivity contribution in [2.24, 2.45) is 0 Å². The number of halogens is 1. The number of ether oxygens (including phenoxy) is 1. The Morgan fingerprint density at radius 1 is 1.46 bits per heavy atom. The van der Waals surface area contributed by atoms with E-state index in [0.29, 0.717) is 0 Å². The summed E-state index contributed by atoms with van der Waals surface area (Å²) in [5.41, 5.74) is 0.953. The summed E-state index contributed by atoms with van der Waals surface area (Å²) in [6.45, 7) is 1.83. The fraction of sp³-hybridized carbons (Fsp3) is 0.300. The summed E-state index contributed by atoms with van der Waals surface area (Å²) in [6.07, 6.45) is 0. The Labute approximate surface area is 86.0 Å². The van der Waals surface area contributed by atoms with Gasteiger partial charge in [-0.25, -0.2) is 0 Å². The van der Waals surface area contributed by atoms with Crippen LogP contribution < -0.4 is 0 Å². The van der Waals surface area contributed by atoms with Gasteiger partial charge in [0.15, 0.2) is 0 Å². The van der Waals surface area contributed by atoms with Gasteiger partial charge >= 0.3 is 5.97 Å². The van der Waals surface area contributed by atoms with Crippen molar-refractivity contribution in [3.8, 4) is 0 Å². The first kappa shape index (κ1) is 10.3. The van der Waals surface area contributed by atoms with Crippen molar-refractivity contribution >= 4 is 21.9 Å². The third kappa shape index (κ3) is 2.31. The van der Waals surface area contributed by atoms with Gasteiger partial charge < -0.3 is 4.74 Å². The second-order valence-corrected chi connectivity index (χ2v) is 3.62. The second-order valence-electron chi connectivity index (χ2n) is 2.77. The van der Waals surface area contributed by atoms with Crippen LogP contribution in [0, 0.1) is 0 Å². The van der Waals surface area contributed by atoms with E-state index in [1.165, 1.54) is 7.11 Å². The van der Waals surface area contributed by atoms with Gasteiger partial charge in [-0.2, -0.15) is 0 Å². The molecule has 0 amide bonds. The van der Waals surface area contributed by atoms with Crippen LogP contribution in [0.4, 0.5) is 0 Å². The molecule has 0 aliphatic carbocycles. The van der Waals surface area contributed by atoms with Gasteiger partial charge in [0.2, 0.25) is 0 Å². The topological polar surface area (TPSA) is 26.3 Å². The van der Waals surface area contributed by atoms with E-state index in [9.17, 15) is 4.79 Å². The van der Waals surface area contributed by atoms with Crippen LogP contribution in [-0.2, 0) is 9.53 Å². The molecule has 70 valence electrons.